The van der Waals surface area contributed by atoms with Crippen molar-refractivity contribution in [2.24, 2.45) is 7.05 Å². The van der Waals surface area contributed by atoms with E-state index in [1.54, 1.807) is 0 Å². The molecule has 5 heteroatoms. The standard InChI is InChI=1S/C32H22N3O.Y/c1-21-12-13-23(24-14-16-28-30(19-24)36-20-33-28)18-27(21)32-34(2)29-17-15-22-8-6-7-11-26(22)31(29)35(32)25-9-4-3-5-10-25;/h3-13,15-17,19-20H,1-2H3;/q-1;. The van der Waals surface area contributed by atoms with Gasteiger partial charge in [-0.1, -0.05) is 43.3 Å². The number of aryl methyl sites for hydroxylation is 2. The molecule has 4 nitrogen and oxygen atoms in total. The summed E-state index contributed by atoms with van der Waals surface area (Å²) in [6.45, 7) is 2.14. The van der Waals surface area contributed by atoms with E-state index in [4.69, 9.17) is 4.42 Å². The van der Waals surface area contributed by atoms with Crippen LogP contribution >= 0.6 is 0 Å². The molecular formula is C32H22N3OY-. The van der Waals surface area contributed by atoms with Crippen LogP contribution in [0.3, 0.4) is 0 Å². The maximum Gasteiger partial charge on any atom is 0.229 e. The van der Waals surface area contributed by atoms with Crippen LogP contribution in [0, 0.1) is 19.1 Å². The van der Waals surface area contributed by atoms with Crippen molar-refractivity contribution in [3.63, 3.8) is 0 Å². The number of rotatable bonds is 3. The monoisotopic (exact) mass is 553 g/mol. The topological polar surface area (TPSA) is 34.8 Å². The van der Waals surface area contributed by atoms with Gasteiger partial charge in [-0.15, -0.1) is 23.8 Å². The van der Waals surface area contributed by atoms with Crippen molar-refractivity contribution in [2.45, 2.75) is 6.92 Å². The molecule has 0 amide bonds. The van der Waals surface area contributed by atoms with Crippen LogP contribution in [0.15, 0.2) is 102 Å². The number of para-hydroxylation sites is 1. The summed E-state index contributed by atoms with van der Waals surface area (Å²) in [5.74, 6) is 1.08. The van der Waals surface area contributed by atoms with Gasteiger partial charge in [-0.25, -0.2) is 10.1 Å². The van der Waals surface area contributed by atoms with Crippen LogP contribution < -0.4 is 4.57 Å². The Hall–Kier alpha value is -3.60. The fourth-order valence-corrected chi connectivity index (χ4v) is 5.14. The summed E-state index contributed by atoms with van der Waals surface area (Å²) in [6, 6.07) is 38.7. The van der Waals surface area contributed by atoms with E-state index in [1.807, 2.05) is 12.1 Å². The van der Waals surface area contributed by atoms with Crippen molar-refractivity contribution in [3.8, 4) is 28.2 Å². The maximum absolute atomic E-state index is 5.54. The molecule has 0 N–H and O–H groups in total. The van der Waals surface area contributed by atoms with E-state index in [2.05, 4.69) is 119 Å². The second kappa shape index (κ2) is 9.37. The zero-order valence-corrected chi connectivity index (χ0v) is 23.4. The first-order chi connectivity index (χ1) is 17.7. The molecule has 0 fully saturated rings. The zero-order chi connectivity index (χ0) is 24.2. The van der Waals surface area contributed by atoms with Crippen molar-refractivity contribution in [3.05, 3.63) is 115 Å². The van der Waals surface area contributed by atoms with Crippen LogP contribution in [0.5, 0.6) is 0 Å². The molecule has 0 bridgehead atoms. The Morgan fingerprint density at radius 2 is 1.70 bits per heavy atom. The van der Waals surface area contributed by atoms with E-state index in [-0.39, 0.29) is 32.7 Å². The summed E-state index contributed by atoms with van der Waals surface area (Å²) in [5.41, 5.74) is 9.10. The number of fused-ring (bicyclic) bond motifs is 4. The SMILES string of the molecule is Cc1ccc(-c2[c-]cc3ncoc3c2)[c-]c1-c1n(-c2ccccc2)c2c3ccccc3ccc2[n+]1C.[Y]. The number of nitrogens with zero attached hydrogens (tertiary/aromatic N) is 3. The molecular weight excluding hydrogens is 531 g/mol. The third-order valence-corrected chi connectivity index (χ3v) is 6.94. The van der Waals surface area contributed by atoms with Crippen molar-refractivity contribution < 1.29 is 41.7 Å². The minimum atomic E-state index is 0. The Morgan fingerprint density at radius 1 is 0.892 bits per heavy atom. The predicted molar refractivity (Wildman–Crippen MR) is 143 cm³/mol. The molecule has 2 aromatic heterocycles. The molecule has 7 aromatic rings. The van der Waals surface area contributed by atoms with Crippen molar-refractivity contribution >= 4 is 32.9 Å². The first kappa shape index (κ1) is 23.8. The summed E-state index contributed by atoms with van der Waals surface area (Å²) >= 11 is 0. The number of imidazole rings is 1. The first-order valence-corrected chi connectivity index (χ1v) is 12.0. The Kier molecular flexibility index (Phi) is 6.02. The van der Waals surface area contributed by atoms with Gasteiger partial charge in [0.25, 0.3) is 0 Å². The minimum absolute atomic E-state index is 0. The molecule has 7 rings (SSSR count). The largest absolute Gasteiger partial charge is 0.464 e. The van der Waals surface area contributed by atoms with Crippen LogP contribution in [0.25, 0.3) is 61.1 Å². The third-order valence-electron chi connectivity index (χ3n) is 6.94. The van der Waals surface area contributed by atoms with Crippen LogP contribution in [0.4, 0.5) is 0 Å². The summed E-state index contributed by atoms with van der Waals surface area (Å²) in [6.07, 6.45) is 1.47. The second-order valence-corrected chi connectivity index (χ2v) is 9.09. The average Bonchev–Trinajstić information content (AvgIpc) is 3.51. The summed E-state index contributed by atoms with van der Waals surface area (Å²) in [5, 5.41) is 2.44. The van der Waals surface area contributed by atoms with Crippen molar-refractivity contribution in [1.29, 1.82) is 0 Å². The Bertz CT molecular complexity index is 1920. The molecule has 0 saturated heterocycles. The number of hydrogen-bond donors (Lipinski definition) is 0. The van der Waals surface area contributed by atoms with Crippen LogP contribution in [-0.4, -0.2) is 9.55 Å². The molecule has 0 aliphatic heterocycles. The van der Waals surface area contributed by atoms with Gasteiger partial charge in [-0.2, -0.15) is 23.8 Å². The van der Waals surface area contributed by atoms with Crippen molar-refractivity contribution in [2.75, 3.05) is 0 Å². The van der Waals surface area contributed by atoms with Gasteiger partial charge < -0.3 is 4.42 Å². The molecule has 175 valence electrons. The molecule has 0 saturated carbocycles. The molecule has 0 aliphatic rings. The molecule has 0 unspecified atom stereocenters. The molecule has 2 heterocycles. The zero-order valence-electron chi connectivity index (χ0n) is 20.6. The molecule has 0 aliphatic carbocycles. The smallest absolute Gasteiger partial charge is 0.229 e. The fraction of sp³-hybridized carbons (Fsp3) is 0.0625. The minimum Gasteiger partial charge on any atom is -0.464 e. The van der Waals surface area contributed by atoms with Gasteiger partial charge in [0.05, 0.1) is 12.6 Å². The fourth-order valence-electron chi connectivity index (χ4n) is 5.14. The van der Waals surface area contributed by atoms with Crippen LogP contribution in [0.2, 0.25) is 0 Å². The summed E-state index contributed by atoms with van der Waals surface area (Å²) < 4.78 is 10.2. The normalized spacial score (nSPS) is 11.3. The van der Waals surface area contributed by atoms with Gasteiger partial charge in [0.15, 0.2) is 17.4 Å². The summed E-state index contributed by atoms with van der Waals surface area (Å²) in [4.78, 5) is 4.22. The Morgan fingerprint density at radius 3 is 2.57 bits per heavy atom. The van der Waals surface area contributed by atoms with E-state index in [9.17, 15) is 0 Å². The number of benzene rings is 5. The van der Waals surface area contributed by atoms with E-state index in [1.165, 1.54) is 28.2 Å². The number of oxazole rings is 1. The number of aromatic nitrogens is 3. The van der Waals surface area contributed by atoms with Gasteiger partial charge >= 0.3 is 0 Å². The van der Waals surface area contributed by atoms with Gasteiger partial charge in [-0.05, 0) is 41.3 Å². The predicted octanol–water partition coefficient (Wildman–Crippen LogP) is 6.99. The Balaban J connectivity index is 0.00000252. The number of hydrogen-bond acceptors (Lipinski definition) is 2. The molecule has 0 atom stereocenters. The van der Waals surface area contributed by atoms with Gasteiger partial charge in [0.1, 0.15) is 5.69 Å². The third kappa shape index (κ3) is 3.83. The van der Waals surface area contributed by atoms with Crippen molar-refractivity contribution in [1.82, 2.24) is 9.55 Å². The maximum atomic E-state index is 5.54. The van der Waals surface area contributed by atoms with E-state index >= 15 is 0 Å². The molecule has 37 heavy (non-hydrogen) atoms. The molecule has 1 radical (unpaired) electrons. The van der Waals surface area contributed by atoms with E-state index in [0.29, 0.717) is 0 Å². The van der Waals surface area contributed by atoms with Gasteiger partial charge in [0, 0.05) is 43.6 Å². The quantitative estimate of drug-likeness (QED) is 0.175. The summed E-state index contributed by atoms with van der Waals surface area (Å²) in [7, 11) is 2.14. The Labute approximate surface area is 240 Å². The van der Waals surface area contributed by atoms with Gasteiger partial charge in [-0.3, -0.25) is 9.55 Å². The van der Waals surface area contributed by atoms with E-state index in [0.717, 1.165) is 44.9 Å². The average molecular weight is 553 g/mol. The first-order valence-electron chi connectivity index (χ1n) is 12.0. The van der Waals surface area contributed by atoms with Crippen LogP contribution in [0.1, 0.15) is 5.56 Å². The molecule has 0 spiro atoms. The van der Waals surface area contributed by atoms with Crippen LogP contribution in [-0.2, 0) is 39.8 Å². The van der Waals surface area contributed by atoms with Gasteiger partial charge in [0.2, 0.25) is 5.82 Å². The second-order valence-electron chi connectivity index (χ2n) is 9.09. The molecule has 5 aromatic carbocycles. The van der Waals surface area contributed by atoms with E-state index < -0.39 is 0 Å².